The molecular weight excluding hydrogens is 473 g/mol. The Morgan fingerprint density at radius 1 is 0.853 bits per heavy atom. The minimum Gasteiger partial charge on any atom is -0.480 e. The molecule has 1 atom stereocenters. The third-order valence-electron chi connectivity index (χ3n) is 6.27. The summed E-state index contributed by atoms with van der Waals surface area (Å²) in [6, 6.07) is 4.81. The highest BCUT2D eigenvalue weighted by atomic mass is 35.5. The molecule has 6 nitrogen and oxygen atoms in total. The van der Waals surface area contributed by atoms with E-state index in [1.54, 1.807) is 0 Å². The van der Waals surface area contributed by atoms with Crippen LogP contribution in [0.1, 0.15) is 107 Å². The molecule has 0 radical (unpaired) electrons. The molecule has 5 N–H and O–H groups in total. The van der Waals surface area contributed by atoms with E-state index in [1.807, 2.05) is 18.2 Å². The van der Waals surface area contributed by atoms with E-state index in [0.717, 1.165) is 29.5 Å². The van der Waals surface area contributed by atoms with Crippen molar-refractivity contribution >= 4 is 26.0 Å². The zero-order valence-electron chi connectivity index (χ0n) is 20.9. The Hall–Kier alpha value is -0.910. The van der Waals surface area contributed by atoms with Gasteiger partial charge in [0.1, 0.15) is 6.04 Å². The van der Waals surface area contributed by atoms with Crippen molar-refractivity contribution in [3.63, 3.8) is 0 Å². The summed E-state index contributed by atoms with van der Waals surface area (Å²) in [5.74, 6) is -1.07. The second-order valence-electron chi connectivity index (χ2n) is 9.38. The fraction of sp³-hybridized carbons (Fsp3) is 0.731. The first-order valence-electron chi connectivity index (χ1n) is 12.9. The van der Waals surface area contributed by atoms with Crippen molar-refractivity contribution in [2.24, 2.45) is 5.73 Å². The number of aryl methyl sites for hydroxylation is 2. The predicted octanol–water partition coefficient (Wildman–Crippen LogP) is 6.42. The van der Waals surface area contributed by atoms with Gasteiger partial charge in [-0.2, -0.15) is 0 Å². The summed E-state index contributed by atoms with van der Waals surface area (Å²) < 4.78 is 11.2. The van der Waals surface area contributed by atoms with Gasteiger partial charge in [0.15, 0.2) is 0 Å². The maximum absolute atomic E-state index is 11.2. The largest absolute Gasteiger partial charge is 0.480 e. The number of hydrogen-bond donors (Lipinski definition) is 4. The molecule has 0 saturated heterocycles. The van der Waals surface area contributed by atoms with Gasteiger partial charge in [0.25, 0.3) is 0 Å². The van der Waals surface area contributed by atoms with E-state index in [0.29, 0.717) is 0 Å². The fourth-order valence-corrected chi connectivity index (χ4v) is 4.74. The number of aliphatic carboxylic acids is 1. The third kappa shape index (κ3) is 16.7. The third-order valence-corrected chi connectivity index (χ3v) is 7.08. The molecule has 0 aliphatic rings. The molecule has 0 aliphatic carbocycles. The van der Waals surface area contributed by atoms with Crippen molar-refractivity contribution in [2.45, 2.75) is 116 Å². The number of carbonyl (C=O) groups is 1. The molecule has 0 aliphatic heterocycles. The maximum Gasteiger partial charge on any atom is 0.325 e. The highest BCUT2D eigenvalue weighted by molar-refractivity contribution is 7.51. The molecule has 1 aromatic carbocycles. The average Bonchev–Trinajstić information content (AvgIpc) is 2.75. The zero-order valence-corrected chi connectivity index (χ0v) is 22.6. The van der Waals surface area contributed by atoms with Crippen LogP contribution in [0.15, 0.2) is 18.2 Å². The van der Waals surface area contributed by atoms with Gasteiger partial charge in [-0.05, 0) is 42.4 Å². The Morgan fingerprint density at radius 3 is 1.82 bits per heavy atom. The van der Waals surface area contributed by atoms with E-state index in [2.05, 4.69) is 6.92 Å². The monoisotopic (exact) mass is 519 g/mol. The zero-order chi connectivity index (χ0) is 24.5. The van der Waals surface area contributed by atoms with E-state index in [1.165, 1.54) is 77.0 Å². The number of rotatable bonds is 20. The van der Waals surface area contributed by atoms with Gasteiger partial charge >= 0.3 is 13.6 Å². The Balaban J connectivity index is 0.0000109. The normalized spacial score (nSPS) is 12.4. The summed E-state index contributed by atoms with van der Waals surface area (Å²) >= 11 is 0. The second-order valence-corrected chi connectivity index (χ2v) is 11.2. The molecular formula is C26H47ClNO5P. The van der Waals surface area contributed by atoms with Crippen LogP contribution in [-0.2, 0) is 28.6 Å². The average molecular weight is 520 g/mol. The molecule has 0 amide bonds. The van der Waals surface area contributed by atoms with Crippen LogP contribution in [0.4, 0.5) is 0 Å². The minimum atomic E-state index is -4.11. The number of unbranched alkanes of at least 4 members (excludes halogenated alkanes) is 12. The topological polar surface area (TPSA) is 121 Å². The van der Waals surface area contributed by atoms with Crippen LogP contribution in [0.3, 0.4) is 0 Å². The summed E-state index contributed by atoms with van der Waals surface area (Å²) in [5.41, 5.74) is 8.40. The summed E-state index contributed by atoms with van der Waals surface area (Å²) in [7, 11) is -4.11. The first kappa shape index (κ1) is 33.1. The Kier molecular flexibility index (Phi) is 18.8. The van der Waals surface area contributed by atoms with Crippen LogP contribution in [0.25, 0.3) is 0 Å². The van der Waals surface area contributed by atoms with E-state index in [9.17, 15) is 19.1 Å². The summed E-state index contributed by atoms with van der Waals surface area (Å²) in [6.07, 6.45) is 18.1. The highest BCUT2D eigenvalue weighted by Crippen LogP contribution is 2.35. The lowest BCUT2D eigenvalue weighted by Crippen LogP contribution is -2.32. The molecule has 1 rings (SSSR count). The van der Waals surface area contributed by atoms with E-state index < -0.39 is 19.6 Å². The van der Waals surface area contributed by atoms with Crippen molar-refractivity contribution in [1.82, 2.24) is 0 Å². The van der Waals surface area contributed by atoms with Crippen LogP contribution < -0.4 is 5.73 Å². The van der Waals surface area contributed by atoms with Crippen molar-refractivity contribution in [1.29, 1.82) is 0 Å². The van der Waals surface area contributed by atoms with Gasteiger partial charge < -0.3 is 20.6 Å². The molecule has 1 aromatic rings. The molecule has 0 heterocycles. The Labute approximate surface area is 212 Å². The van der Waals surface area contributed by atoms with Crippen LogP contribution >= 0.6 is 20.0 Å². The second kappa shape index (κ2) is 19.3. The summed E-state index contributed by atoms with van der Waals surface area (Å²) in [4.78, 5) is 29.5. The molecule has 0 saturated carbocycles. The number of benzene rings is 1. The fourth-order valence-electron chi connectivity index (χ4n) is 4.21. The van der Waals surface area contributed by atoms with Gasteiger partial charge in [-0.1, -0.05) is 102 Å². The van der Waals surface area contributed by atoms with Gasteiger partial charge in [-0.3, -0.25) is 9.36 Å². The molecule has 34 heavy (non-hydrogen) atoms. The lowest BCUT2D eigenvalue weighted by Gasteiger charge is -2.15. The first-order chi connectivity index (χ1) is 15.7. The summed E-state index contributed by atoms with van der Waals surface area (Å²) in [6.45, 7) is 2.25. The lowest BCUT2D eigenvalue weighted by molar-refractivity contribution is -0.138. The number of carboxylic acid groups (broad SMARTS) is 1. The predicted molar refractivity (Wildman–Crippen MR) is 143 cm³/mol. The van der Waals surface area contributed by atoms with E-state index in [-0.39, 0.29) is 31.4 Å². The SMILES string of the molecule is CCCCCCCCCCCCCCCc1ccc(CCP(=O)(O)O)c(CC(N)C(=O)O)c1.Cl. The van der Waals surface area contributed by atoms with Gasteiger partial charge in [-0.25, -0.2) is 0 Å². The molecule has 8 heteroatoms. The number of carboxylic acids is 1. The Bertz CT molecular complexity index is 725. The lowest BCUT2D eigenvalue weighted by atomic mass is 9.94. The van der Waals surface area contributed by atoms with Crippen LogP contribution in [-0.4, -0.2) is 33.1 Å². The van der Waals surface area contributed by atoms with Gasteiger partial charge in [0.2, 0.25) is 0 Å². The first-order valence-corrected chi connectivity index (χ1v) is 14.7. The van der Waals surface area contributed by atoms with Gasteiger partial charge in [-0.15, -0.1) is 12.4 Å². The maximum atomic E-state index is 11.2. The van der Waals surface area contributed by atoms with E-state index in [4.69, 9.17) is 10.8 Å². The number of nitrogens with two attached hydrogens (primary N) is 1. The van der Waals surface area contributed by atoms with Crippen LogP contribution in [0.5, 0.6) is 0 Å². The van der Waals surface area contributed by atoms with Crippen LogP contribution in [0, 0.1) is 0 Å². The Morgan fingerprint density at radius 2 is 1.35 bits per heavy atom. The minimum absolute atomic E-state index is 0. The van der Waals surface area contributed by atoms with Crippen molar-refractivity contribution in [2.75, 3.05) is 6.16 Å². The quantitative estimate of drug-likeness (QED) is 0.116. The van der Waals surface area contributed by atoms with Crippen LogP contribution in [0.2, 0.25) is 0 Å². The molecule has 0 spiro atoms. The number of halogens is 1. The van der Waals surface area contributed by atoms with Crippen molar-refractivity contribution in [3.8, 4) is 0 Å². The standard InChI is InChI=1S/C26H46NO5P.ClH/c1-2-3-4-5-6-7-8-9-10-11-12-13-14-15-22-16-17-23(18-19-33(30,31)32)24(20-22)21-25(27)26(28)29;/h16-17,20,25H,2-15,18-19,21,27H2,1H3,(H,28,29)(H2,30,31,32);1H. The number of hydrogen-bond acceptors (Lipinski definition) is 3. The molecule has 0 aromatic heterocycles. The summed E-state index contributed by atoms with van der Waals surface area (Å²) in [5, 5.41) is 9.15. The molecule has 0 bridgehead atoms. The van der Waals surface area contributed by atoms with Gasteiger partial charge in [0.05, 0.1) is 6.16 Å². The van der Waals surface area contributed by atoms with Gasteiger partial charge in [0, 0.05) is 0 Å². The molecule has 1 unspecified atom stereocenters. The highest BCUT2D eigenvalue weighted by Gasteiger charge is 2.18. The van der Waals surface area contributed by atoms with Crippen molar-refractivity contribution < 1.29 is 24.3 Å². The molecule has 0 fully saturated rings. The van der Waals surface area contributed by atoms with Crippen molar-refractivity contribution in [3.05, 3.63) is 34.9 Å². The molecule has 198 valence electrons. The smallest absolute Gasteiger partial charge is 0.325 e. The van der Waals surface area contributed by atoms with E-state index >= 15 is 0 Å².